The zero-order chi connectivity index (χ0) is 9.26. The molecule has 0 spiro atoms. The summed E-state index contributed by atoms with van der Waals surface area (Å²) in [5, 5.41) is 0. The Morgan fingerprint density at radius 3 is 2.71 bits per heavy atom. The lowest BCUT2D eigenvalue weighted by Crippen LogP contribution is -2.27. The monoisotopic (exact) mass is 276 g/mol. The van der Waals surface area contributed by atoms with Crippen molar-refractivity contribution >= 4 is 28.3 Å². The van der Waals surface area contributed by atoms with E-state index >= 15 is 0 Å². The van der Waals surface area contributed by atoms with Crippen LogP contribution in [0.5, 0.6) is 0 Å². The minimum absolute atomic E-state index is 0. The van der Waals surface area contributed by atoms with Gasteiger partial charge >= 0.3 is 0 Å². The molecule has 1 saturated carbocycles. The number of nitrogens with two attached hydrogens (primary N) is 1. The molecule has 1 aromatic heterocycles. The lowest BCUT2D eigenvalue weighted by molar-refractivity contribution is 0.263. The van der Waals surface area contributed by atoms with Gasteiger partial charge in [0.1, 0.15) is 4.60 Å². The fraction of sp³-hybridized carbons (Fsp3) is 0.500. The molecule has 0 aromatic carbocycles. The van der Waals surface area contributed by atoms with Crippen LogP contribution in [0.3, 0.4) is 0 Å². The van der Waals surface area contributed by atoms with E-state index in [1.54, 1.807) is 6.20 Å². The van der Waals surface area contributed by atoms with Gasteiger partial charge < -0.3 is 5.73 Å². The van der Waals surface area contributed by atoms with Crippen molar-refractivity contribution in [2.24, 2.45) is 11.7 Å². The van der Waals surface area contributed by atoms with Crippen molar-refractivity contribution in [3.63, 3.8) is 0 Å². The number of halogens is 2. The molecule has 78 valence electrons. The molecular weight excluding hydrogens is 263 g/mol. The number of pyridine rings is 1. The minimum Gasteiger partial charge on any atom is -0.324 e. The van der Waals surface area contributed by atoms with Crippen LogP contribution in [0.4, 0.5) is 0 Å². The molecule has 1 aliphatic rings. The second kappa shape index (κ2) is 5.10. The van der Waals surface area contributed by atoms with E-state index in [2.05, 4.69) is 27.0 Å². The first-order valence-electron chi connectivity index (χ1n) is 4.65. The zero-order valence-corrected chi connectivity index (χ0v) is 10.2. The molecular formula is C10H14BrClN2. The third-order valence-electron chi connectivity index (χ3n) is 2.80. The van der Waals surface area contributed by atoms with Crippen LogP contribution in [-0.4, -0.2) is 4.98 Å². The molecule has 1 atom stereocenters. The highest BCUT2D eigenvalue weighted by Gasteiger charge is 2.26. The predicted octanol–water partition coefficient (Wildman–Crippen LogP) is 3.07. The topological polar surface area (TPSA) is 38.9 Å². The Hall–Kier alpha value is -0.120. The summed E-state index contributed by atoms with van der Waals surface area (Å²) in [4.78, 5) is 4.18. The van der Waals surface area contributed by atoms with Gasteiger partial charge in [-0.25, -0.2) is 4.98 Å². The molecule has 0 radical (unpaired) electrons. The van der Waals surface area contributed by atoms with E-state index in [0.717, 1.165) is 10.2 Å². The van der Waals surface area contributed by atoms with E-state index in [9.17, 15) is 0 Å². The number of hydrogen-bond donors (Lipinski definition) is 1. The van der Waals surface area contributed by atoms with Crippen LogP contribution < -0.4 is 5.73 Å². The van der Waals surface area contributed by atoms with Crippen LogP contribution in [0, 0.1) is 5.92 Å². The third-order valence-corrected chi connectivity index (χ3v) is 3.47. The second-order valence-electron chi connectivity index (χ2n) is 3.60. The largest absolute Gasteiger partial charge is 0.324 e. The standard InChI is InChI=1S/C10H13BrN2.ClH/c11-10-8(5-2-6-13-10)9(12)7-3-1-4-7;/h2,5-7,9H,1,3-4,12H2;1H/t9-;/m0./s1. The van der Waals surface area contributed by atoms with Gasteiger partial charge in [-0.3, -0.25) is 0 Å². The number of nitrogens with zero attached hydrogens (tertiary/aromatic N) is 1. The van der Waals surface area contributed by atoms with Gasteiger partial charge in [0, 0.05) is 17.8 Å². The smallest absolute Gasteiger partial charge is 0.110 e. The highest BCUT2D eigenvalue weighted by atomic mass is 79.9. The molecule has 1 heterocycles. The SMILES string of the molecule is Cl.N[C@H](c1cccnc1Br)C1CCC1. The van der Waals surface area contributed by atoms with Crippen LogP contribution in [0.1, 0.15) is 30.9 Å². The molecule has 0 amide bonds. The van der Waals surface area contributed by atoms with Gasteiger partial charge in [-0.1, -0.05) is 12.5 Å². The van der Waals surface area contributed by atoms with Crippen molar-refractivity contribution in [3.05, 3.63) is 28.5 Å². The fourth-order valence-corrected chi connectivity index (χ4v) is 2.21. The molecule has 4 heteroatoms. The molecule has 0 bridgehead atoms. The molecule has 2 rings (SSSR count). The van der Waals surface area contributed by atoms with Crippen LogP contribution >= 0.6 is 28.3 Å². The van der Waals surface area contributed by atoms with Gasteiger partial charge in [-0.2, -0.15) is 0 Å². The maximum Gasteiger partial charge on any atom is 0.110 e. The summed E-state index contributed by atoms with van der Waals surface area (Å²) in [7, 11) is 0. The average molecular weight is 278 g/mol. The van der Waals surface area contributed by atoms with Gasteiger partial charge in [-0.15, -0.1) is 12.4 Å². The quantitative estimate of drug-likeness (QED) is 0.844. The van der Waals surface area contributed by atoms with Gasteiger partial charge in [0.05, 0.1) is 0 Å². The summed E-state index contributed by atoms with van der Waals surface area (Å²) in [6, 6.07) is 4.16. The highest BCUT2D eigenvalue weighted by Crippen LogP contribution is 2.37. The Kier molecular flexibility index (Phi) is 4.35. The lowest BCUT2D eigenvalue weighted by atomic mass is 9.78. The van der Waals surface area contributed by atoms with E-state index in [-0.39, 0.29) is 18.4 Å². The van der Waals surface area contributed by atoms with Gasteiger partial charge in [0.25, 0.3) is 0 Å². The van der Waals surface area contributed by atoms with Crippen molar-refractivity contribution in [2.45, 2.75) is 25.3 Å². The Morgan fingerprint density at radius 1 is 1.50 bits per heavy atom. The molecule has 2 N–H and O–H groups in total. The molecule has 1 aromatic rings. The Labute approximate surface area is 98.8 Å². The van der Waals surface area contributed by atoms with Crippen LogP contribution in [0.15, 0.2) is 22.9 Å². The predicted molar refractivity (Wildman–Crippen MR) is 63.5 cm³/mol. The van der Waals surface area contributed by atoms with Gasteiger partial charge in [-0.05, 0) is 40.8 Å². The Bertz CT molecular complexity index is 302. The average Bonchev–Trinajstić information content (AvgIpc) is 2.01. The highest BCUT2D eigenvalue weighted by molar-refractivity contribution is 9.10. The van der Waals surface area contributed by atoms with E-state index in [1.165, 1.54) is 19.3 Å². The van der Waals surface area contributed by atoms with Crippen LogP contribution in [0.25, 0.3) is 0 Å². The van der Waals surface area contributed by atoms with Crippen molar-refractivity contribution in [3.8, 4) is 0 Å². The Morgan fingerprint density at radius 2 is 2.21 bits per heavy atom. The second-order valence-corrected chi connectivity index (χ2v) is 4.35. The maximum absolute atomic E-state index is 6.13. The molecule has 0 unspecified atom stereocenters. The van der Waals surface area contributed by atoms with E-state index in [4.69, 9.17) is 5.73 Å². The first-order valence-corrected chi connectivity index (χ1v) is 5.44. The summed E-state index contributed by atoms with van der Waals surface area (Å²) < 4.78 is 0.898. The fourth-order valence-electron chi connectivity index (χ4n) is 1.70. The molecule has 1 aliphatic carbocycles. The molecule has 14 heavy (non-hydrogen) atoms. The molecule has 1 fully saturated rings. The molecule has 0 aliphatic heterocycles. The van der Waals surface area contributed by atoms with Crippen molar-refractivity contribution in [1.29, 1.82) is 0 Å². The van der Waals surface area contributed by atoms with Crippen LogP contribution in [-0.2, 0) is 0 Å². The summed E-state index contributed by atoms with van der Waals surface area (Å²) in [6.45, 7) is 0. The number of hydrogen-bond acceptors (Lipinski definition) is 2. The van der Waals surface area contributed by atoms with E-state index in [0.29, 0.717) is 5.92 Å². The summed E-state index contributed by atoms with van der Waals surface area (Å²) in [6.07, 6.45) is 5.64. The van der Waals surface area contributed by atoms with E-state index in [1.807, 2.05) is 6.07 Å². The van der Waals surface area contributed by atoms with Crippen molar-refractivity contribution in [2.75, 3.05) is 0 Å². The first kappa shape index (κ1) is 12.0. The molecule has 0 saturated heterocycles. The normalized spacial score (nSPS) is 18.1. The number of rotatable bonds is 2. The van der Waals surface area contributed by atoms with Crippen molar-refractivity contribution < 1.29 is 0 Å². The van der Waals surface area contributed by atoms with Gasteiger partial charge in [0.2, 0.25) is 0 Å². The lowest BCUT2D eigenvalue weighted by Gasteiger charge is -2.31. The van der Waals surface area contributed by atoms with E-state index < -0.39 is 0 Å². The Balaban J connectivity index is 0.000000980. The summed E-state index contributed by atoms with van der Waals surface area (Å²) in [5.74, 6) is 0.667. The minimum atomic E-state index is 0. The summed E-state index contributed by atoms with van der Waals surface area (Å²) >= 11 is 3.43. The van der Waals surface area contributed by atoms with Crippen LogP contribution in [0.2, 0.25) is 0 Å². The first-order chi connectivity index (χ1) is 6.29. The van der Waals surface area contributed by atoms with Crippen molar-refractivity contribution in [1.82, 2.24) is 4.98 Å². The number of aromatic nitrogens is 1. The maximum atomic E-state index is 6.13. The third kappa shape index (κ3) is 2.27. The summed E-state index contributed by atoms with van der Waals surface area (Å²) in [5.41, 5.74) is 7.28. The molecule has 2 nitrogen and oxygen atoms in total. The zero-order valence-electron chi connectivity index (χ0n) is 7.82. The van der Waals surface area contributed by atoms with Gasteiger partial charge in [0.15, 0.2) is 0 Å².